The highest BCUT2D eigenvalue weighted by atomic mass is 19.1. The molecule has 2 bridgehead atoms. The van der Waals surface area contributed by atoms with Gasteiger partial charge in [-0.05, 0) is 76.5 Å². The van der Waals surface area contributed by atoms with Crippen LogP contribution in [0.1, 0.15) is 32.1 Å². The van der Waals surface area contributed by atoms with Crippen molar-refractivity contribution >= 4 is 27.6 Å². The molecule has 4 aromatic rings. The fourth-order valence-corrected chi connectivity index (χ4v) is 6.71. The molecule has 0 radical (unpaired) electrons. The zero-order chi connectivity index (χ0) is 26.5. The van der Waals surface area contributed by atoms with Gasteiger partial charge in [0.2, 0.25) is 0 Å². The Bertz CT molecular complexity index is 1540. The van der Waals surface area contributed by atoms with Gasteiger partial charge in [0.1, 0.15) is 18.0 Å². The van der Waals surface area contributed by atoms with Crippen molar-refractivity contribution in [2.75, 3.05) is 45.2 Å². The van der Waals surface area contributed by atoms with E-state index >= 15 is 4.39 Å². The predicted octanol–water partition coefficient (Wildman–Crippen LogP) is 4.58. The van der Waals surface area contributed by atoms with E-state index in [1.54, 1.807) is 6.07 Å². The van der Waals surface area contributed by atoms with Crippen LogP contribution >= 0.6 is 0 Å². The maximum Gasteiger partial charge on any atom is 0.261 e. The van der Waals surface area contributed by atoms with Crippen molar-refractivity contribution in [2.24, 2.45) is 5.92 Å². The van der Waals surface area contributed by atoms with Crippen molar-refractivity contribution in [1.29, 1.82) is 0 Å². The Balaban J connectivity index is 1.31. The predicted molar refractivity (Wildman–Crippen MR) is 152 cm³/mol. The minimum Gasteiger partial charge on any atom is -0.489 e. The van der Waals surface area contributed by atoms with Crippen molar-refractivity contribution in [1.82, 2.24) is 24.8 Å². The molecule has 2 aromatic carbocycles. The zero-order valence-electron chi connectivity index (χ0n) is 22.3. The molecule has 0 aliphatic carbocycles. The number of piperidine rings is 4. The number of benzene rings is 2. The van der Waals surface area contributed by atoms with Gasteiger partial charge in [0.05, 0.1) is 22.2 Å². The van der Waals surface area contributed by atoms with Gasteiger partial charge in [-0.3, -0.25) is 4.79 Å². The van der Waals surface area contributed by atoms with E-state index in [0.717, 1.165) is 62.9 Å². The molecule has 8 rings (SSSR count). The van der Waals surface area contributed by atoms with E-state index in [4.69, 9.17) is 9.72 Å². The number of hydrogen-bond acceptors (Lipinski definition) is 6. The van der Waals surface area contributed by atoms with Gasteiger partial charge in [0.25, 0.3) is 5.56 Å². The Kier molecular flexibility index (Phi) is 6.28. The number of aromatic nitrogens is 3. The molecule has 39 heavy (non-hydrogen) atoms. The van der Waals surface area contributed by atoms with Crippen LogP contribution in [-0.2, 0) is 0 Å². The Morgan fingerprint density at radius 3 is 2.69 bits per heavy atom. The summed E-state index contributed by atoms with van der Waals surface area (Å²) in [6.45, 7) is 4.59. The molecule has 204 valence electrons. The summed E-state index contributed by atoms with van der Waals surface area (Å²) in [6, 6.07) is 11.3. The summed E-state index contributed by atoms with van der Waals surface area (Å²) < 4.78 is 21.6. The first-order chi connectivity index (χ1) is 19.0. The number of anilines is 1. The van der Waals surface area contributed by atoms with E-state index in [1.807, 2.05) is 24.3 Å². The lowest BCUT2D eigenvalue weighted by Gasteiger charge is -2.45. The third-order valence-electron chi connectivity index (χ3n) is 9.03. The number of H-pyrrole nitrogens is 2. The van der Waals surface area contributed by atoms with Gasteiger partial charge < -0.3 is 29.8 Å². The van der Waals surface area contributed by atoms with Crippen LogP contribution in [0.5, 0.6) is 5.75 Å². The highest BCUT2D eigenvalue weighted by molar-refractivity contribution is 5.99. The zero-order valence-corrected chi connectivity index (χ0v) is 22.3. The van der Waals surface area contributed by atoms with Crippen molar-refractivity contribution < 1.29 is 9.13 Å². The van der Waals surface area contributed by atoms with Crippen LogP contribution in [0, 0.1) is 11.7 Å². The highest BCUT2D eigenvalue weighted by Gasteiger charge is 2.35. The topological polar surface area (TPSA) is 89.3 Å². The normalized spacial score (nSPS) is 25.4. The van der Waals surface area contributed by atoms with E-state index in [0.29, 0.717) is 40.5 Å². The SMILES string of the molecule is CN1CCCCC1COc1cc2[nH]c(=O)c(-c3nc4ccccc4[nH]3)c(N[C@H]3CN4CCC3CC4)c2cc1F. The fourth-order valence-electron chi connectivity index (χ4n) is 6.71. The molecule has 6 heterocycles. The van der Waals surface area contributed by atoms with Crippen LogP contribution in [-0.4, -0.2) is 76.7 Å². The fraction of sp³-hybridized carbons (Fsp3) is 0.467. The van der Waals surface area contributed by atoms with Crippen LogP contribution < -0.4 is 15.6 Å². The molecule has 8 nitrogen and oxygen atoms in total. The molecular weight excluding hydrogens is 495 g/mol. The second-order valence-corrected chi connectivity index (χ2v) is 11.5. The molecule has 3 N–H and O–H groups in total. The lowest BCUT2D eigenvalue weighted by atomic mass is 9.83. The number of halogens is 1. The number of nitrogens with one attached hydrogen (secondary N) is 3. The van der Waals surface area contributed by atoms with Gasteiger partial charge in [0, 0.05) is 30.1 Å². The number of hydrogen-bond donors (Lipinski definition) is 3. The Morgan fingerprint density at radius 1 is 1.08 bits per heavy atom. The number of likely N-dealkylation sites (N-methyl/N-ethyl adjacent to an activating group) is 1. The molecule has 1 unspecified atom stereocenters. The number of imidazole rings is 1. The van der Waals surface area contributed by atoms with Crippen LogP contribution in [0.25, 0.3) is 33.3 Å². The number of pyridine rings is 1. The standard InChI is InChI=1S/C30H35FN6O2/c1-36-11-5-4-6-19(36)17-39-26-15-24-20(14-21(26)31)28(32-25-16-37-12-9-18(25)10-13-37)27(30(38)35-24)29-33-22-7-2-3-8-23(22)34-29/h2-3,7-8,14-15,18-19,25H,4-6,9-13,16-17H2,1H3,(H,33,34)(H2,32,35,38)/t19?,25-/m0/s1. The first kappa shape index (κ1) is 24.6. The summed E-state index contributed by atoms with van der Waals surface area (Å²) >= 11 is 0. The number of likely N-dealkylation sites (tertiary alicyclic amines) is 1. The molecule has 0 amide bonds. The number of aromatic amines is 2. The summed E-state index contributed by atoms with van der Waals surface area (Å²) in [4.78, 5) is 29.5. The van der Waals surface area contributed by atoms with E-state index in [1.165, 1.54) is 12.5 Å². The Hall–Kier alpha value is -3.43. The van der Waals surface area contributed by atoms with Crippen LogP contribution in [0.3, 0.4) is 0 Å². The van der Waals surface area contributed by atoms with Crippen molar-refractivity contribution in [3.05, 3.63) is 52.6 Å². The maximum atomic E-state index is 15.6. The first-order valence-corrected chi connectivity index (χ1v) is 14.2. The van der Waals surface area contributed by atoms with Crippen molar-refractivity contribution in [3.63, 3.8) is 0 Å². The Morgan fingerprint density at radius 2 is 1.92 bits per heavy atom. The van der Waals surface area contributed by atoms with Gasteiger partial charge in [-0.15, -0.1) is 0 Å². The highest BCUT2D eigenvalue weighted by Crippen LogP contribution is 2.37. The van der Waals surface area contributed by atoms with E-state index < -0.39 is 5.82 Å². The maximum absolute atomic E-state index is 15.6. The molecule has 4 aliphatic rings. The van der Waals surface area contributed by atoms with Crippen molar-refractivity contribution in [2.45, 2.75) is 44.2 Å². The summed E-state index contributed by atoms with van der Waals surface area (Å²) in [5.74, 6) is 0.736. The number of para-hydroxylation sites is 2. The quantitative estimate of drug-likeness (QED) is 0.338. The third kappa shape index (κ3) is 4.57. The van der Waals surface area contributed by atoms with Crippen LogP contribution in [0.15, 0.2) is 41.2 Å². The van der Waals surface area contributed by atoms with E-state index in [2.05, 4.69) is 32.1 Å². The van der Waals surface area contributed by atoms with Gasteiger partial charge in [-0.25, -0.2) is 9.37 Å². The summed E-state index contributed by atoms with van der Waals surface area (Å²) in [7, 11) is 2.09. The summed E-state index contributed by atoms with van der Waals surface area (Å²) in [5.41, 5.74) is 2.95. The number of fused-ring (bicyclic) bond motifs is 5. The van der Waals surface area contributed by atoms with Crippen LogP contribution in [0.4, 0.5) is 10.1 Å². The molecule has 4 saturated heterocycles. The minimum atomic E-state index is -0.430. The third-order valence-corrected chi connectivity index (χ3v) is 9.03. The minimum absolute atomic E-state index is 0.169. The van der Waals surface area contributed by atoms with E-state index in [-0.39, 0.29) is 23.4 Å². The second-order valence-electron chi connectivity index (χ2n) is 11.5. The first-order valence-electron chi connectivity index (χ1n) is 14.2. The Labute approximate surface area is 226 Å². The molecule has 0 spiro atoms. The van der Waals surface area contributed by atoms with Crippen LogP contribution in [0.2, 0.25) is 0 Å². The molecule has 0 saturated carbocycles. The van der Waals surface area contributed by atoms with E-state index in [9.17, 15) is 4.79 Å². The average Bonchev–Trinajstić information content (AvgIpc) is 3.37. The lowest BCUT2D eigenvalue weighted by Crippen LogP contribution is -2.53. The summed E-state index contributed by atoms with van der Waals surface area (Å²) in [5, 5.41) is 4.33. The van der Waals surface area contributed by atoms with Crippen molar-refractivity contribution in [3.8, 4) is 17.1 Å². The molecule has 4 fully saturated rings. The summed E-state index contributed by atoms with van der Waals surface area (Å²) in [6.07, 6.45) is 5.63. The number of ether oxygens (including phenoxy) is 1. The molecular formula is C30H35FN6O2. The largest absolute Gasteiger partial charge is 0.489 e. The molecule has 9 heteroatoms. The van der Waals surface area contributed by atoms with Gasteiger partial charge in [0.15, 0.2) is 11.6 Å². The molecule has 2 aromatic heterocycles. The van der Waals surface area contributed by atoms with Gasteiger partial charge in [-0.1, -0.05) is 18.6 Å². The van der Waals surface area contributed by atoms with Gasteiger partial charge >= 0.3 is 0 Å². The second kappa shape index (κ2) is 9.95. The van der Waals surface area contributed by atoms with Gasteiger partial charge in [-0.2, -0.15) is 0 Å². The number of nitrogens with zero attached hydrogens (tertiary/aromatic N) is 3. The number of rotatable bonds is 6. The average molecular weight is 531 g/mol. The molecule has 4 aliphatic heterocycles. The smallest absolute Gasteiger partial charge is 0.261 e. The monoisotopic (exact) mass is 530 g/mol. The molecule has 2 atom stereocenters. The lowest BCUT2D eigenvalue weighted by molar-refractivity contribution is 0.0976.